The van der Waals surface area contributed by atoms with Crippen molar-refractivity contribution in [3.8, 4) is 0 Å². The molecule has 1 aliphatic heterocycles. The summed E-state index contributed by atoms with van der Waals surface area (Å²) in [6, 6.07) is 3.46. The summed E-state index contributed by atoms with van der Waals surface area (Å²) in [5.74, 6) is 3.78. The molecule has 7 atom stereocenters. The van der Waals surface area contributed by atoms with Crippen molar-refractivity contribution in [3.63, 3.8) is 0 Å². The van der Waals surface area contributed by atoms with E-state index < -0.39 is 13.7 Å². The Bertz CT molecular complexity index is 926. The topological polar surface area (TPSA) is 35.5 Å². The SMILES string of the molecule is C=CCC12C[C@@H](O[Si](CC)(CC)CC)CC[C@]1(C)C1=C(OC2=O)[C@@H]2CC[C@H](C(C)CCCC(C)C)[C@@]2(C)CC1. The standard InChI is InChI=1S/C35H60O3Si/c1-10-21-35-24-27(38-39(11-2,12-3)13-4)19-23-34(35,9)30-20-22-33(8)28(26(7)16-14-15-25(5)6)17-18-29(33)31(30)37-32(35)36/h10,25-29H,1,11-24H2,2-9H3/t26?,27-,28+,29-,33+,34+,35?/m0/s1. The first-order chi connectivity index (χ1) is 18.5. The van der Waals surface area contributed by atoms with Gasteiger partial charge in [-0.3, -0.25) is 4.79 Å². The molecule has 0 aromatic carbocycles. The van der Waals surface area contributed by atoms with E-state index in [2.05, 4.69) is 62.0 Å². The van der Waals surface area contributed by atoms with Gasteiger partial charge in [-0.15, -0.1) is 6.58 Å². The first-order valence-electron chi connectivity index (χ1n) is 16.7. The second-order valence-corrected chi connectivity index (χ2v) is 19.6. The molecule has 3 aliphatic carbocycles. The molecule has 39 heavy (non-hydrogen) atoms. The third-order valence-corrected chi connectivity index (χ3v) is 17.5. The lowest BCUT2D eigenvalue weighted by atomic mass is 9.48. The number of ether oxygens (including phenoxy) is 1. The van der Waals surface area contributed by atoms with Crippen LogP contribution in [0.3, 0.4) is 0 Å². The molecule has 0 saturated heterocycles. The first-order valence-corrected chi connectivity index (χ1v) is 19.2. The molecule has 2 unspecified atom stereocenters. The Labute approximate surface area is 242 Å². The van der Waals surface area contributed by atoms with E-state index in [9.17, 15) is 4.79 Å². The van der Waals surface area contributed by atoms with Gasteiger partial charge in [-0.1, -0.05) is 80.7 Å². The monoisotopic (exact) mass is 556 g/mol. The summed E-state index contributed by atoms with van der Waals surface area (Å²) in [5.41, 5.74) is 1.05. The normalized spacial score (nSPS) is 37.3. The van der Waals surface area contributed by atoms with Crippen molar-refractivity contribution in [2.75, 3.05) is 0 Å². The maximum absolute atomic E-state index is 14.3. The highest BCUT2D eigenvalue weighted by Gasteiger charge is 2.65. The van der Waals surface area contributed by atoms with Crippen molar-refractivity contribution in [1.29, 1.82) is 0 Å². The highest BCUT2D eigenvalue weighted by Crippen LogP contribution is 2.68. The lowest BCUT2D eigenvalue weighted by Gasteiger charge is -2.59. The molecule has 2 saturated carbocycles. The van der Waals surface area contributed by atoms with Gasteiger partial charge in [0.05, 0.1) is 5.41 Å². The Morgan fingerprint density at radius 2 is 1.74 bits per heavy atom. The predicted octanol–water partition coefficient (Wildman–Crippen LogP) is 10.2. The molecule has 0 amide bonds. The Kier molecular flexibility index (Phi) is 9.39. The Morgan fingerprint density at radius 3 is 2.36 bits per heavy atom. The van der Waals surface area contributed by atoms with Gasteiger partial charge in [-0.2, -0.15) is 0 Å². The van der Waals surface area contributed by atoms with Crippen molar-refractivity contribution < 1.29 is 14.0 Å². The fourth-order valence-electron chi connectivity index (χ4n) is 9.89. The fourth-order valence-corrected chi connectivity index (χ4v) is 12.8. The number of fused-ring (bicyclic) bond motifs is 4. The van der Waals surface area contributed by atoms with Gasteiger partial charge >= 0.3 is 5.97 Å². The van der Waals surface area contributed by atoms with Crippen LogP contribution < -0.4 is 0 Å². The number of rotatable bonds is 12. The highest BCUT2D eigenvalue weighted by molar-refractivity contribution is 6.73. The Morgan fingerprint density at radius 1 is 1.05 bits per heavy atom. The summed E-state index contributed by atoms with van der Waals surface area (Å²) in [6.07, 6.45) is 14.5. The van der Waals surface area contributed by atoms with Crippen molar-refractivity contribution in [2.24, 2.45) is 39.9 Å². The molecule has 4 aliphatic rings. The lowest BCUT2D eigenvalue weighted by molar-refractivity contribution is -0.175. The zero-order chi connectivity index (χ0) is 28.6. The molecule has 0 aromatic heterocycles. The molecule has 4 heteroatoms. The second-order valence-electron chi connectivity index (χ2n) is 14.9. The molecule has 0 aromatic rings. The van der Waals surface area contributed by atoms with Gasteiger partial charge in [0, 0.05) is 17.4 Å². The minimum Gasteiger partial charge on any atom is -0.430 e. The zero-order valence-electron chi connectivity index (χ0n) is 26.8. The molecule has 0 N–H and O–H groups in total. The van der Waals surface area contributed by atoms with E-state index >= 15 is 0 Å². The van der Waals surface area contributed by atoms with Gasteiger partial charge in [0.15, 0.2) is 8.32 Å². The lowest BCUT2D eigenvalue weighted by Crippen LogP contribution is -2.58. The van der Waals surface area contributed by atoms with Gasteiger partial charge in [-0.05, 0) is 98.2 Å². The number of carbonyl (C=O) groups excluding carboxylic acids is 1. The first kappa shape index (κ1) is 31.1. The third-order valence-electron chi connectivity index (χ3n) is 12.8. The molecule has 3 nitrogen and oxygen atoms in total. The van der Waals surface area contributed by atoms with E-state index in [-0.39, 0.29) is 22.9 Å². The molecule has 0 spiro atoms. The highest BCUT2D eigenvalue weighted by atomic mass is 28.4. The van der Waals surface area contributed by atoms with Gasteiger partial charge in [0.1, 0.15) is 5.76 Å². The van der Waals surface area contributed by atoms with Crippen molar-refractivity contribution >= 4 is 14.3 Å². The quantitative estimate of drug-likeness (QED) is 0.136. The average molecular weight is 557 g/mol. The minimum atomic E-state index is -1.75. The van der Waals surface area contributed by atoms with E-state index in [4.69, 9.17) is 9.16 Å². The van der Waals surface area contributed by atoms with Crippen molar-refractivity contribution in [2.45, 2.75) is 150 Å². The number of hydrogen-bond acceptors (Lipinski definition) is 3. The number of esters is 1. The van der Waals surface area contributed by atoms with Crippen LogP contribution in [0.1, 0.15) is 126 Å². The number of allylic oxidation sites excluding steroid dienone is 3. The molecular weight excluding hydrogens is 496 g/mol. The van der Waals surface area contributed by atoms with Gasteiger partial charge in [0.2, 0.25) is 0 Å². The largest absolute Gasteiger partial charge is 0.430 e. The van der Waals surface area contributed by atoms with Crippen LogP contribution in [0.5, 0.6) is 0 Å². The summed E-state index contributed by atoms with van der Waals surface area (Å²) in [6.45, 7) is 23.2. The Hall–Kier alpha value is -0.873. The number of hydrogen-bond donors (Lipinski definition) is 0. The van der Waals surface area contributed by atoms with Crippen LogP contribution in [0.2, 0.25) is 18.1 Å². The van der Waals surface area contributed by atoms with E-state index in [0.717, 1.165) is 67.3 Å². The van der Waals surface area contributed by atoms with E-state index in [1.54, 1.807) is 0 Å². The molecule has 2 fully saturated rings. The van der Waals surface area contributed by atoms with Crippen LogP contribution in [0.15, 0.2) is 24.0 Å². The minimum absolute atomic E-state index is 0.0198. The summed E-state index contributed by atoms with van der Waals surface area (Å²) in [7, 11) is -1.75. The van der Waals surface area contributed by atoms with Crippen LogP contribution >= 0.6 is 0 Å². The van der Waals surface area contributed by atoms with Crippen LogP contribution in [-0.4, -0.2) is 20.4 Å². The summed E-state index contributed by atoms with van der Waals surface area (Å²) in [4.78, 5) is 14.3. The zero-order valence-corrected chi connectivity index (χ0v) is 27.8. The number of carbonyl (C=O) groups is 1. The van der Waals surface area contributed by atoms with Gasteiger partial charge < -0.3 is 9.16 Å². The average Bonchev–Trinajstić information content (AvgIpc) is 3.26. The van der Waals surface area contributed by atoms with Crippen LogP contribution in [-0.2, 0) is 14.0 Å². The fraction of sp³-hybridized carbons (Fsp3) is 0.857. The van der Waals surface area contributed by atoms with Crippen LogP contribution in [0.4, 0.5) is 0 Å². The maximum atomic E-state index is 14.3. The molecular formula is C35H60O3Si. The molecule has 0 radical (unpaired) electrons. The van der Waals surface area contributed by atoms with Crippen molar-refractivity contribution in [3.05, 3.63) is 24.0 Å². The van der Waals surface area contributed by atoms with E-state index in [1.165, 1.54) is 44.1 Å². The summed E-state index contributed by atoms with van der Waals surface area (Å²) < 4.78 is 13.6. The van der Waals surface area contributed by atoms with Crippen LogP contribution in [0, 0.1) is 39.9 Å². The van der Waals surface area contributed by atoms with E-state index in [1.807, 2.05) is 6.08 Å². The van der Waals surface area contributed by atoms with Crippen molar-refractivity contribution in [1.82, 2.24) is 0 Å². The third kappa shape index (κ3) is 5.17. The predicted molar refractivity (Wildman–Crippen MR) is 166 cm³/mol. The molecule has 1 heterocycles. The smallest absolute Gasteiger partial charge is 0.318 e. The van der Waals surface area contributed by atoms with Crippen LogP contribution in [0.25, 0.3) is 0 Å². The second kappa shape index (κ2) is 11.8. The summed E-state index contributed by atoms with van der Waals surface area (Å²) in [5, 5.41) is 0. The van der Waals surface area contributed by atoms with E-state index in [0.29, 0.717) is 12.3 Å². The Balaban J connectivity index is 1.62. The molecule has 222 valence electrons. The van der Waals surface area contributed by atoms with Gasteiger partial charge in [-0.25, -0.2) is 0 Å². The molecule has 0 bridgehead atoms. The summed E-state index contributed by atoms with van der Waals surface area (Å²) >= 11 is 0. The maximum Gasteiger partial charge on any atom is 0.318 e. The van der Waals surface area contributed by atoms with Gasteiger partial charge in [0.25, 0.3) is 0 Å². The molecule has 4 rings (SSSR count).